The van der Waals surface area contributed by atoms with Gasteiger partial charge < -0.3 is 14.1 Å². The molecule has 10 heteroatoms. The molecule has 0 unspecified atom stereocenters. The molecule has 0 bridgehead atoms. The molecule has 0 amide bonds. The Bertz CT molecular complexity index is 879. The number of pyridine rings is 1. The van der Waals surface area contributed by atoms with Gasteiger partial charge in [0.05, 0.1) is 24.7 Å². The Hall–Kier alpha value is -1.06. The molecule has 0 N–H and O–H groups in total. The van der Waals surface area contributed by atoms with Crippen LogP contribution in [0.15, 0.2) is 6.20 Å². The number of halogens is 3. The van der Waals surface area contributed by atoms with E-state index in [2.05, 4.69) is 48.8 Å². The van der Waals surface area contributed by atoms with E-state index in [-0.39, 0.29) is 27.1 Å². The smallest absolute Gasteiger partial charge is 0.225 e. The Morgan fingerprint density at radius 2 is 2.00 bits per heavy atom. The summed E-state index contributed by atoms with van der Waals surface area (Å²) in [5.74, 6) is -0.197. The number of ether oxygens (including phenoxy) is 1. The summed E-state index contributed by atoms with van der Waals surface area (Å²) in [6, 6.07) is 0. The summed E-state index contributed by atoms with van der Waals surface area (Å²) >= 11 is 11.9. The first-order valence-electron chi connectivity index (χ1n) is 9.17. The zero-order chi connectivity index (χ0) is 20.7. The molecular formula is C18H25Cl2FN4O2Si. The first kappa shape index (κ1) is 21.6. The number of hydrogen-bond acceptors (Lipinski definition) is 6. The highest BCUT2D eigenvalue weighted by Crippen LogP contribution is 2.38. The van der Waals surface area contributed by atoms with Crippen LogP contribution in [0, 0.1) is 5.82 Å². The van der Waals surface area contributed by atoms with E-state index < -0.39 is 14.1 Å². The quantitative estimate of drug-likeness (QED) is 0.386. The fraction of sp³-hybridized carbons (Fsp3) is 0.611. The van der Waals surface area contributed by atoms with Crippen molar-refractivity contribution in [1.29, 1.82) is 0 Å². The van der Waals surface area contributed by atoms with Crippen LogP contribution in [0.25, 0.3) is 10.9 Å². The third-order valence-corrected chi connectivity index (χ3v) is 10.4. The minimum atomic E-state index is -1.98. The molecule has 2 aromatic rings. The van der Waals surface area contributed by atoms with Crippen molar-refractivity contribution in [2.24, 2.45) is 0 Å². The predicted octanol–water partition coefficient (Wildman–Crippen LogP) is 4.70. The highest BCUT2D eigenvalue weighted by molar-refractivity contribution is 6.74. The van der Waals surface area contributed by atoms with Crippen LogP contribution in [-0.4, -0.2) is 55.7 Å². The number of anilines is 1. The van der Waals surface area contributed by atoms with Gasteiger partial charge in [0.2, 0.25) is 5.28 Å². The summed E-state index contributed by atoms with van der Waals surface area (Å²) < 4.78 is 26.7. The van der Waals surface area contributed by atoms with E-state index >= 15 is 0 Å². The van der Waals surface area contributed by atoms with E-state index in [0.717, 1.165) is 0 Å². The Morgan fingerprint density at radius 3 is 2.68 bits per heavy atom. The van der Waals surface area contributed by atoms with E-state index in [1.54, 1.807) is 0 Å². The maximum atomic E-state index is 14.4. The lowest BCUT2D eigenvalue weighted by Gasteiger charge is -2.39. The predicted molar refractivity (Wildman–Crippen MR) is 112 cm³/mol. The van der Waals surface area contributed by atoms with Gasteiger partial charge in [-0.05, 0) is 29.7 Å². The molecular weight excluding hydrogens is 422 g/mol. The molecule has 0 aliphatic carbocycles. The second kappa shape index (κ2) is 7.99. The molecule has 0 saturated carbocycles. The van der Waals surface area contributed by atoms with E-state index in [1.807, 2.05) is 4.90 Å². The van der Waals surface area contributed by atoms with Crippen LogP contribution in [0.3, 0.4) is 0 Å². The zero-order valence-corrected chi connectivity index (χ0v) is 19.2. The highest BCUT2D eigenvalue weighted by Gasteiger charge is 2.40. The van der Waals surface area contributed by atoms with Gasteiger partial charge in [-0.25, -0.2) is 14.4 Å². The van der Waals surface area contributed by atoms with Crippen molar-refractivity contribution >= 4 is 48.2 Å². The second-order valence-corrected chi connectivity index (χ2v) is 13.9. The molecule has 1 saturated heterocycles. The van der Waals surface area contributed by atoms with E-state index in [9.17, 15) is 4.39 Å². The van der Waals surface area contributed by atoms with Crippen molar-refractivity contribution < 1.29 is 13.6 Å². The monoisotopic (exact) mass is 446 g/mol. The molecule has 0 spiro atoms. The van der Waals surface area contributed by atoms with Gasteiger partial charge in [0.15, 0.2) is 19.3 Å². The number of nitrogens with zero attached hydrogens (tertiary/aromatic N) is 4. The number of fused-ring (bicyclic) bond motifs is 1. The summed E-state index contributed by atoms with van der Waals surface area (Å²) in [5, 5.41) is 0.250. The first-order valence-corrected chi connectivity index (χ1v) is 12.8. The fourth-order valence-corrected chi connectivity index (χ4v) is 4.50. The Balaban J connectivity index is 1.96. The molecule has 1 aliphatic rings. The third kappa shape index (κ3) is 4.41. The van der Waals surface area contributed by atoms with Gasteiger partial charge in [0, 0.05) is 19.3 Å². The van der Waals surface area contributed by atoms with Gasteiger partial charge in [-0.3, -0.25) is 0 Å². The van der Waals surface area contributed by atoms with Gasteiger partial charge >= 0.3 is 0 Å². The molecule has 2 aromatic heterocycles. The van der Waals surface area contributed by atoms with Gasteiger partial charge in [0.25, 0.3) is 0 Å². The van der Waals surface area contributed by atoms with E-state index in [1.165, 1.54) is 6.20 Å². The largest absolute Gasteiger partial charge is 0.410 e. The maximum absolute atomic E-state index is 14.4. The molecule has 154 valence electrons. The molecule has 1 aliphatic heterocycles. The van der Waals surface area contributed by atoms with Crippen LogP contribution >= 0.6 is 23.2 Å². The van der Waals surface area contributed by atoms with Crippen LogP contribution in [0.1, 0.15) is 20.8 Å². The van der Waals surface area contributed by atoms with Crippen molar-refractivity contribution in [1.82, 2.24) is 15.0 Å². The summed E-state index contributed by atoms with van der Waals surface area (Å²) in [6.07, 6.45) is 1.35. The molecule has 1 fully saturated rings. The lowest BCUT2D eigenvalue weighted by molar-refractivity contribution is 0.0655. The van der Waals surface area contributed by atoms with Crippen molar-refractivity contribution in [3.05, 3.63) is 22.5 Å². The van der Waals surface area contributed by atoms with Crippen LogP contribution in [0.5, 0.6) is 0 Å². The molecule has 28 heavy (non-hydrogen) atoms. The molecule has 0 radical (unpaired) electrons. The van der Waals surface area contributed by atoms with Crippen LogP contribution < -0.4 is 4.90 Å². The van der Waals surface area contributed by atoms with Gasteiger partial charge in [0.1, 0.15) is 11.3 Å². The summed E-state index contributed by atoms with van der Waals surface area (Å²) in [4.78, 5) is 14.3. The Morgan fingerprint density at radius 1 is 1.29 bits per heavy atom. The first-order chi connectivity index (χ1) is 13.0. The summed E-state index contributed by atoms with van der Waals surface area (Å²) in [6.45, 7) is 13.1. The van der Waals surface area contributed by atoms with Gasteiger partial charge in [-0.2, -0.15) is 4.98 Å². The summed E-state index contributed by atoms with van der Waals surface area (Å²) in [5.41, 5.74) is 0.0574. The van der Waals surface area contributed by atoms with Gasteiger partial charge in [-0.15, -0.1) is 0 Å². The highest BCUT2D eigenvalue weighted by atomic mass is 35.5. The average molecular weight is 447 g/mol. The standard InChI is InChI=1S/C18H25Cl2FN4O2Si/c1-18(2,3)28(4,5)27-11-9-25(6-7-26-10-11)16-12-8-22-15(19)13(21)14(12)23-17(20)24-16/h8,11H,6-7,9-10H2,1-5H3/t11-/m0/s1. The number of rotatable bonds is 3. The van der Waals surface area contributed by atoms with Crippen molar-refractivity contribution in [3.63, 3.8) is 0 Å². The topological polar surface area (TPSA) is 60.4 Å². The Labute approximate surface area is 175 Å². The van der Waals surface area contributed by atoms with Crippen molar-refractivity contribution in [3.8, 4) is 0 Å². The van der Waals surface area contributed by atoms with E-state index in [0.29, 0.717) is 37.5 Å². The van der Waals surface area contributed by atoms with E-state index in [4.69, 9.17) is 32.4 Å². The SMILES string of the molecule is CC(C)(C)[Si](C)(C)O[C@@H]1COCCN(c2nc(Cl)nc3c(F)c(Cl)ncc23)C1. The van der Waals surface area contributed by atoms with Crippen LogP contribution in [-0.2, 0) is 9.16 Å². The Kier molecular flexibility index (Phi) is 6.17. The van der Waals surface area contributed by atoms with Crippen LogP contribution in [0.2, 0.25) is 28.6 Å². The summed E-state index contributed by atoms with van der Waals surface area (Å²) in [7, 11) is -1.98. The van der Waals surface area contributed by atoms with Crippen molar-refractivity contribution in [2.75, 3.05) is 31.2 Å². The number of aromatic nitrogens is 3. The molecule has 3 heterocycles. The molecule has 6 nitrogen and oxygen atoms in total. The average Bonchev–Trinajstić information content (AvgIpc) is 2.82. The zero-order valence-electron chi connectivity index (χ0n) is 16.7. The molecule has 1 atom stereocenters. The molecule has 0 aromatic carbocycles. The minimum absolute atomic E-state index is 0.0457. The van der Waals surface area contributed by atoms with Crippen molar-refractivity contribution in [2.45, 2.75) is 45.0 Å². The minimum Gasteiger partial charge on any atom is -0.410 e. The fourth-order valence-electron chi connectivity index (χ4n) is 2.87. The second-order valence-electron chi connectivity index (χ2n) is 8.46. The lowest BCUT2D eigenvalue weighted by atomic mass is 10.2. The normalized spacial score (nSPS) is 19.1. The maximum Gasteiger partial charge on any atom is 0.225 e. The lowest BCUT2D eigenvalue weighted by Crippen LogP contribution is -2.47. The van der Waals surface area contributed by atoms with Crippen LogP contribution in [0.4, 0.5) is 10.2 Å². The number of hydrogen-bond donors (Lipinski definition) is 0. The molecule has 3 rings (SSSR count). The van der Waals surface area contributed by atoms with Gasteiger partial charge in [-0.1, -0.05) is 32.4 Å². The third-order valence-electron chi connectivity index (χ3n) is 5.39.